The van der Waals surface area contributed by atoms with Crippen LogP contribution >= 0.6 is 0 Å². The lowest BCUT2D eigenvalue weighted by atomic mass is 10.1. The predicted molar refractivity (Wildman–Crippen MR) is 70.0 cm³/mol. The summed E-state index contributed by atoms with van der Waals surface area (Å²) in [7, 11) is 0. The number of hydrogen-bond donors (Lipinski definition) is 1. The molecule has 1 aromatic heterocycles. The molecular formula is C14H13N3O. The Morgan fingerprint density at radius 3 is 1.89 bits per heavy atom. The first-order chi connectivity index (χ1) is 8.63. The molecular weight excluding hydrogens is 226 g/mol. The lowest BCUT2D eigenvalue weighted by molar-refractivity contribution is 0.475. The van der Waals surface area contributed by atoms with Gasteiger partial charge in [-0.25, -0.2) is 0 Å². The molecule has 0 unspecified atom stereocenters. The van der Waals surface area contributed by atoms with Crippen LogP contribution < -0.4 is 0 Å². The molecule has 4 nitrogen and oxygen atoms in total. The van der Waals surface area contributed by atoms with Gasteiger partial charge in [-0.2, -0.15) is 4.80 Å². The molecule has 2 aromatic carbocycles. The van der Waals surface area contributed by atoms with Crippen LogP contribution in [0, 0.1) is 13.8 Å². The number of nitrogens with zero attached hydrogens (tertiary/aromatic N) is 3. The van der Waals surface area contributed by atoms with Gasteiger partial charge in [0.05, 0.1) is 5.69 Å². The van der Waals surface area contributed by atoms with Gasteiger partial charge in [-0.3, -0.25) is 0 Å². The van der Waals surface area contributed by atoms with Gasteiger partial charge >= 0.3 is 0 Å². The molecule has 3 rings (SSSR count). The van der Waals surface area contributed by atoms with E-state index in [2.05, 4.69) is 24.0 Å². The van der Waals surface area contributed by atoms with Gasteiger partial charge in [-0.15, -0.1) is 10.2 Å². The summed E-state index contributed by atoms with van der Waals surface area (Å²) in [6.07, 6.45) is 0. The van der Waals surface area contributed by atoms with Crippen molar-refractivity contribution in [3.05, 3.63) is 47.5 Å². The fourth-order valence-corrected chi connectivity index (χ4v) is 1.87. The fourth-order valence-electron chi connectivity index (χ4n) is 1.87. The monoisotopic (exact) mass is 239 g/mol. The molecule has 90 valence electrons. The van der Waals surface area contributed by atoms with Crippen molar-refractivity contribution >= 4 is 11.0 Å². The molecule has 0 fully saturated rings. The molecule has 0 atom stereocenters. The third-order valence-corrected chi connectivity index (χ3v) is 3.08. The van der Waals surface area contributed by atoms with Crippen LogP contribution in [0.5, 0.6) is 5.75 Å². The van der Waals surface area contributed by atoms with Crippen molar-refractivity contribution in [2.75, 3.05) is 0 Å². The Morgan fingerprint density at radius 2 is 1.39 bits per heavy atom. The summed E-state index contributed by atoms with van der Waals surface area (Å²) in [5, 5.41) is 18.1. The number of phenols is 1. The Morgan fingerprint density at radius 1 is 0.889 bits per heavy atom. The number of aromatic hydroxyl groups is 1. The van der Waals surface area contributed by atoms with Crippen LogP contribution in [0.3, 0.4) is 0 Å². The second-order valence-corrected chi connectivity index (χ2v) is 4.43. The van der Waals surface area contributed by atoms with E-state index in [1.807, 2.05) is 12.1 Å². The number of aromatic nitrogens is 3. The van der Waals surface area contributed by atoms with Crippen LogP contribution in [0.1, 0.15) is 11.1 Å². The van der Waals surface area contributed by atoms with Crippen molar-refractivity contribution in [3.8, 4) is 11.4 Å². The maximum absolute atomic E-state index is 9.27. The second kappa shape index (κ2) is 3.84. The van der Waals surface area contributed by atoms with Crippen molar-refractivity contribution in [1.82, 2.24) is 15.0 Å². The molecule has 18 heavy (non-hydrogen) atoms. The quantitative estimate of drug-likeness (QED) is 0.710. The molecule has 3 aromatic rings. The van der Waals surface area contributed by atoms with Gasteiger partial charge in [0.2, 0.25) is 0 Å². The maximum atomic E-state index is 9.27. The van der Waals surface area contributed by atoms with Crippen molar-refractivity contribution < 1.29 is 5.11 Å². The normalized spacial score (nSPS) is 11.0. The highest BCUT2D eigenvalue weighted by Gasteiger charge is 2.06. The Kier molecular flexibility index (Phi) is 2.30. The van der Waals surface area contributed by atoms with Gasteiger partial charge in [0.15, 0.2) is 0 Å². The predicted octanol–water partition coefficient (Wildman–Crippen LogP) is 2.74. The summed E-state index contributed by atoms with van der Waals surface area (Å²) >= 11 is 0. The highest BCUT2D eigenvalue weighted by Crippen LogP contribution is 2.18. The summed E-state index contributed by atoms with van der Waals surface area (Å²) in [5.41, 5.74) is 5.01. The van der Waals surface area contributed by atoms with Gasteiger partial charge in [0.1, 0.15) is 16.8 Å². The number of rotatable bonds is 1. The summed E-state index contributed by atoms with van der Waals surface area (Å²) < 4.78 is 0. The van der Waals surface area contributed by atoms with Crippen LogP contribution in [-0.4, -0.2) is 20.1 Å². The topological polar surface area (TPSA) is 50.9 Å². The first-order valence-corrected chi connectivity index (χ1v) is 5.77. The Hall–Kier alpha value is -2.36. The Bertz CT molecular complexity index is 675. The summed E-state index contributed by atoms with van der Waals surface area (Å²) in [4.78, 5) is 1.59. The van der Waals surface area contributed by atoms with Crippen molar-refractivity contribution in [2.45, 2.75) is 13.8 Å². The number of aryl methyl sites for hydroxylation is 2. The van der Waals surface area contributed by atoms with E-state index in [1.54, 1.807) is 29.1 Å². The molecule has 0 spiro atoms. The average molecular weight is 239 g/mol. The highest BCUT2D eigenvalue weighted by molar-refractivity contribution is 5.76. The molecule has 0 aliphatic rings. The lowest BCUT2D eigenvalue weighted by Crippen LogP contribution is -1.97. The van der Waals surface area contributed by atoms with Crippen LogP contribution in [-0.2, 0) is 0 Å². The van der Waals surface area contributed by atoms with Gasteiger partial charge in [-0.05, 0) is 61.4 Å². The molecule has 0 bridgehead atoms. The Labute approximate surface area is 104 Å². The summed E-state index contributed by atoms with van der Waals surface area (Å²) in [6, 6.07) is 10.9. The second-order valence-electron chi connectivity index (χ2n) is 4.43. The first-order valence-electron chi connectivity index (χ1n) is 5.77. The largest absolute Gasteiger partial charge is 0.508 e. The van der Waals surface area contributed by atoms with Crippen LogP contribution in [0.15, 0.2) is 36.4 Å². The SMILES string of the molecule is Cc1cc2nn(-c3ccc(O)cc3)nc2cc1C. The third kappa shape index (κ3) is 1.72. The van der Waals surface area contributed by atoms with E-state index in [0.29, 0.717) is 0 Å². The molecule has 4 heteroatoms. The maximum Gasteiger partial charge on any atom is 0.115 e. The molecule has 1 N–H and O–H groups in total. The van der Waals surface area contributed by atoms with Crippen molar-refractivity contribution in [2.24, 2.45) is 0 Å². The zero-order valence-corrected chi connectivity index (χ0v) is 10.3. The van der Waals surface area contributed by atoms with Crippen LogP contribution in [0.25, 0.3) is 16.7 Å². The van der Waals surface area contributed by atoms with Gasteiger partial charge in [0, 0.05) is 0 Å². The molecule has 0 saturated carbocycles. The number of fused-ring (bicyclic) bond motifs is 1. The van der Waals surface area contributed by atoms with E-state index in [1.165, 1.54) is 11.1 Å². The minimum absolute atomic E-state index is 0.238. The van der Waals surface area contributed by atoms with E-state index >= 15 is 0 Å². The minimum Gasteiger partial charge on any atom is -0.508 e. The molecule has 0 radical (unpaired) electrons. The third-order valence-electron chi connectivity index (χ3n) is 3.08. The van der Waals surface area contributed by atoms with E-state index in [-0.39, 0.29) is 5.75 Å². The van der Waals surface area contributed by atoms with Gasteiger partial charge in [-0.1, -0.05) is 0 Å². The fraction of sp³-hybridized carbons (Fsp3) is 0.143. The van der Waals surface area contributed by atoms with Gasteiger partial charge < -0.3 is 5.11 Å². The van der Waals surface area contributed by atoms with E-state index in [0.717, 1.165) is 16.7 Å². The molecule has 0 saturated heterocycles. The lowest BCUT2D eigenvalue weighted by Gasteiger charge is -1.98. The summed E-state index contributed by atoms with van der Waals surface area (Å²) in [6.45, 7) is 4.13. The number of benzene rings is 2. The average Bonchev–Trinajstić information content (AvgIpc) is 2.73. The van der Waals surface area contributed by atoms with E-state index < -0.39 is 0 Å². The van der Waals surface area contributed by atoms with Crippen LogP contribution in [0.2, 0.25) is 0 Å². The number of hydrogen-bond acceptors (Lipinski definition) is 3. The van der Waals surface area contributed by atoms with E-state index in [9.17, 15) is 5.11 Å². The zero-order valence-electron chi connectivity index (χ0n) is 10.3. The number of phenolic OH excluding ortho intramolecular Hbond substituents is 1. The van der Waals surface area contributed by atoms with Crippen molar-refractivity contribution in [1.29, 1.82) is 0 Å². The molecule has 1 heterocycles. The van der Waals surface area contributed by atoms with Crippen molar-refractivity contribution in [3.63, 3.8) is 0 Å². The molecule has 0 aliphatic carbocycles. The molecule has 0 aliphatic heterocycles. The minimum atomic E-state index is 0.238. The van der Waals surface area contributed by atoms with E-state index in [4.69, 9.17) is 0 Å². The molecule has 0 amide bonds. The zero-order chi connectivity index (χ0) is 12.7. The summed E-state index contributed by atoms with van der Waals surface area (Å²) in [5.74, 6) is 0.238. The first kappa shape index (κ1) is 10.8. The Balaban J connectivity index is 2.16. The highest BCUT2D eigenvalue weighted by atomic mass is 16.3. The smallest absolute Gasteiger partial charge is 0.115 e. The van der Waals surface area contributed by atoms with Crippen LogP contribution in [0.4, 0.5) is 0 Å². The standard InChI is InChI=1S/C14H13N3O/c1-9-7-13-14(8-10(9)2)16-17(15-13)11-3-5-12(18)6-4-11/h3-8,18H,1-2H3. The van der Waals surface area contributed by atoms with Gasteiger partial charge in [0.25, 0.3) is 0 Å².